The Morgan fingerprint density at radius 2 is 2.17 bits per heavy atom. The third-order valence-corrected chi connectivity index (χ3v) is 3.25. The van der Waals surface area contributed by atoms with Crippen molar-refractivity contribution >= 4 is 5.96 Å². The van der Waals surface area contributed by atoms with Gasteiger partial charge in [0.05, 0.1) is 6.10 Å². The number of unbranched alkanes of at least 4 members (excludes halogenated alkanes) is 1. The molecule has 4 nitrogen and oxygen atoms in total. The lowest BCUT2D eigenvalue weighted by atomic mass is 10.1. The van der Waals surface area contributed by atoms with Gasteiger partial charge in [0.25, 0.3) is 0 Å². The molecule has 2 N–H and O–H groups in total. The second-order valence-corrected chi connectivity index (χ2v) is 5.40. The normalized spacial score (nSPS) is 20.4. The van der Waals surface area contributed by atoms with Crippen molar-refractivity contribution in [2.24, 2.45) is 10.9 Å². The van der Waals surface area contributed by atoms with E-state index >= 15 is 0 Å². The van der Waals surface area contributed by atoms with E-state index in [1.165, 1.54) is 32.1 Å². The fraction of sp³-hybridized carbons (Fsp3) is 0.929. The van der Waals surface area contributed by atoms with Crippen LogP contribution in [0, 0.1) is 5.92 Å². The van der Waals surface area contributed by atoms with Gasteiger partial charge in [0.15, 0.2) is 5.96 Å². The van der Waals surface area contributed by atoms with E-state index in [0.717, 1.165) is 31.6 Å². The van der Waals surface area contributed by atoms with Gasteiger partial charge in [0.2, 0.25) is 0 Å². The topological polar surface area (TPSA) is 45.7 Å². The molecule has 0 aliphatic carbocycles. The summed E-state index contributed by atoms with van der Waals surface area (Å²) < 4.78 is 5.57. The van der Waals surface area contributed by atoms with Crippen molar-refractivity contribution in [2.75, 3.05) is 26.7 Å². The molecule has 4 heteroatoms. The Bertz CT molecular complexity index is 235. The van der Waals surface area contributed by atoms with E-state index in [2.05, 4.69) is 29.5 Å². The maximum atomic E-state index is 5.57. The first kappa shape index (κ1) is 15.3. The molecule has 0 spiro atoms. The van der Waals surface area contributed by atoms with Gasteiger partial charge in [0, 0.05) is 26.7 Å². The molecule has 0 saturated carbocycles. The molecule has 1 aliphatic heterocycles. The van der Waals surface area contributed by atoms with Gasteiger partial charge in [-0.3, -0.25) is 4.99 Å². The van der Waals surface area contributed by atoms with Gasteiger partial charge in [0.1, 0.15) is 0 Å². The summed E-state index contributed by atoms with van der Waals surface area (Å²) >= 11 is 0. The molecule has 0 aromatic carbocycles. The Morgan fingerprint density at radius 3 is 2.78 bits per heavy atom. The van der Waals surface area contributed by atoms with Crippen LogP contribution in [0.1, 0.15) is 46.0 Å². The van der Waals surface area contributed by atoms with Crippen molar-refractivity contribution in [1.29, 1.82) is 0 Å². The smallest absolute Gasteiger partial charge is 0.191 e. The van der Waals surface area contributed by atoms with E-state index in [0.29, 0.717) is 6.10 Å². The summed E-state index contributed by atoms with van der Waals surface area (Å²) in [5, 5.41) is 6.68. The van der Waals surface area contributed by atoms with Crippen LogP contribution in [0.25, 0.3) is 0 Å². The molecule has 106 valence electrons. The van der Waals surface area contributed by atoms with E-state index in [1.807, 2.05) is 7.05 Å². The lowest BCUT2D eigenvalue weighted by Gasteiger charge is -2.15. The second kappa shape index (κ2) is 9.20. The third-order valence-electron chi connectivity index (χ3n) is 3.25. The van der Waals surface area contributed by atoms with Crippen LogP contribution in [0.5, 0.6) is 0 Å². The summed E-state index contributed by atoms with van der Waals surface area (Å²) in [7, 11) is 1.82. The molecule has 1 saturated heterocycles. The van der Waals surface area contributed by atoms with E-state index in [1.54, 1.807) is 0 Å². The van der Waals surface area contributed by atoms with Crippen LogP contribution in [-0.4, -0.2) is 38.8 Å². The molecule has 1 rings (SSSR count). The molecular weight excluding hydrogens is 226 g/mol. The molecule has 1 atom stereocenters. The molecule has 1 unspecified atom stereocenters. The summed E-state index contributed by atoms with van der Waals surface area (Å²) in [6.45, 7) is 7.32. The number of guanidine groups is 1. The fourth-order valence-electron chi connectivity index (χ4n) is 2.12. The highest BCUT2D eigenvalue weighted by Crippen LogP contribution is 2.10. The number of rotatable bonds is 7. The minimum atomic E-state index is 0.365. The predicted molar refractivity (Wildman–Crippen MR) is 77.0 cm³/mol. The molecule has 0 bridgehead atoms. The average molecular weight is 255 g/mol. The number of ether oxygens (including phenoxy) is 1. The van der Waals surface area contributed by atoms with Crippen molar-refractivity contribution in [2.45, 2.75) is 52.1 Å². The van der Waals surface area contributed by atoms with Crippen LogP contribution in [0.4, 0.5) is 0 Å². The third kappa shape index (κ3) is 6.84. The number of nitrogens with zero attached hydrogens (tertiary/aromatic N) is 1. The molecule has 1 heterocycles. The standard InChI is InChI=1S/C14H29N3O/c1-12(2)7-4-5-9-16-14(15-3)17-11-13-8-6-10-18-13/h12-13H,4-11H2,1-3H3,(H2,15,16,17). The highest BCUT2D eigenvalue weighted by Gasteiger charge is 2.15. The molecule has 0 amide bonds. The van der Waals surface area contributed by atoms with Crippen molar-refractivity contribution in [3.63, 3.8) is 0 Å². The maximum Gasteiger partial charge on any atom is 0.191 e. The van der Waals surface area contributed by atoms with Gasteiger partial charge >= 0.3 is 0 Å². The summed E-state index contributed by atoms with van der Waals surface area (Å²) in [6.07, 6.45) is 6.52. The molecule has 1 fully saturated rings. The van der Waals surface area contributed by atoms with Gasteiger partial charge in [-0.25, -0.2) is 0 Å². The predicted octanol–water partition coefficient (Wildman–Crippen LogP) is 2.16. The van der Waals surface area contributed by atoms with Gasteiger partial charge in [-0.15, -0.1) is 0 Å². The summed E-state index contributed by atoms with van der Waals surface area (Å²) in [5.74, 6) is 1.71. The molecule has 0 aromatic rings. The molecular formula is C14H29N3O. The Labute approximate surface area is 112 Å². The summed E-state index contributed by atoms with van der Waals surface area (Å²) in [4.78, 5) is 4.22. The van der Waals surface area contributed by atoms with E-state index in [4.69, 9.17) is 4.74 Å². The quantitative estimate of drug-likeness (QED) is 0.416. The zero-order valence-corrected chi connectivity index (χ0v) is 12.2. The average Bonchev–Trinajstić information content (AvgIpc) is 2.85. The van der Waals surface area contributed by atoms with Crippen molar-refractivity contribution in [1.82, 2.24) is 10.6 Å². The molecule has 0 radical (unpaired) electrons. The maximum absolute atomic E-state index is 5.57. The monoisotopic (exact) mass is 255 g/mol. The van der Waals surface area contributed by atoms with E-state index < -0.39 is 0 Å². The van der Waals surface area contributed by atoms with Crippen LogP contribution in [0.15, 0.2) is 4.99 Å². The van der Waals surface area contributed by atoms with Gasteiger partial charge < -0.3 is 15.4 Å². The SMILES string of the molecule is CN=C(NCCCCC(C)C)NCC1CCCO1. The molecule has 1 aliphatic rings. The van der Waals surface area contributed by atoms with Crippen molar-refractivity contribution < 1.29 is 4.74 Å². The minimum Gasteiger partial charge on any atom is -0.376 e. The first-order valence-electron chi connectivity index (χ1n) is 7.28. The van der Waals surface area contributed by atoms with Crippen molar-refractivity contribution in [3.05, 3.63) is 0 Å². The highest BCUT2D eigenvalue weighted by molar-refractivity contribution is 5.79. The van der Waals surface area contributed by atoms with Crippen LogP contribution >= 0.6 is 0 Å². The zero-order valence-electron chi connectivity index (χ0n) is 12.2. The van der Waals surface area contributed by atoms with Crippen LogP contribution in [0.2, 0.25) is 0 Å². The van der Waals surface area contributed by atoms with Gasteiger partial charge in [-0.05, 0) is 25.2 Å². The number of hydrogen-bond acceptors (Lipinski definition) is 2. The van der Waals surface area contributed by atoms with Crippen LogP contribution in [-0.2, 0) is 4.74 Å². The van der Waals surface area contributed by atoms with Gasteiger partial charge in [-0.1, -0.05) is 26.7 Å². The lowest BCUT2D eigenvalue weighted by Crippen LogP contribution is -2.41. The first-order chi connectivity index (χ1) is 8.72. The summed E-state index contributed by atoms with van der Waals surface area (Å²) in [6, 6.07) is 0. The fourth-order valence-corrected chi connectivity index (χ4v) is 2.12. The summed E-state index contributed by atoms with van der Waals surface area (Å²) in [5.41, 5.74) is 0. The second-order valence-electron chi connectivity index (χ2n) is 5.40. The number of aliphatic imine (C=N–C) groups is 1. The number of nitrogens with one attached hydrogen (secondary N) is 2. The minimum absolute atomic E-state index is 0.365. The van der Waals surface area contributed by atoms with Crippen molar-refractivity contribution in [3.8, 4) is 0 Å². The lowest BCUT2D eigenvalue weighted by molar-refractivity contribution is 0.114. The Hall–Kier alpha value is -0.770. The van der Waals surface area contributed by atoms with E-state index in [-0.39, 0.29) is 0 Å². The zero-order chi connectivity index (χ0) is 13.2. The first-order valence-corrected chi connectivity index (χ1v) is 7.28. The van der Waals surface area contributed by atoms with E-state index in [9.17, 15) is 0 Å². The van der Waals surface area contributed by atoms with Crippen LogP contribution < -0.4 is 10.6 Å². The Morgan fingerprint density at radius 1 is 1.33 bits per heavy atom. The Balaban J connectivity index is 2.02. The van der Waals surface area contributed by atoms with Crippen LogP contribution in [0.3, 0.4) is 0 Å². The largest absolute Gasteiger partial charge is 0.376 e. The van der Waals surface area contributed by atoms with Gasteiger partial charge in [-0.2, -0.15) is 0 Å². The molecule has 0 aromatic heterocycles. The Kier molecular flexibility index (Phi) is 7.81. The highest BCUT2D eigenvalue weighted by atomic mass is 16.5. The molecule has 18 heavy (non-hydrogen) atoms. The number of hydrogen-bond donors (Lipinski definition) is 2.